The van der Waals surface area contributed by atoms with E-state index in [-0.39, 0.29) is 10.8 Å². The highest BCUT2D eigenvalue weighted by Gasteiger charge is 2.15. The van der Waals surface area contributed by atoms with E-state index in [1.807, 2.05) is 0 Å². The number of carboxylic acids is 1. The molecular formula is C16H12Cl2O4. The topological polar surface area (TPSA) is 63.6 Å². The zero-order valence-corrected chi connectivity index (χ0v) is 13.1. The first-order chi connectivity index (χ1) is 10.4. The molecule has 2 aromatic carbocycles. The Bertz CT molecular complexity index is 711. The van der Waals surface area contributed by atoms with E-state index in [1.54, 1.807) is 24.3 Å². The van der Waals surface area contributed by atoms with Crippen LogP contribution in [0.5, 0.6) is 5.75 Å². The number of benzene rings is 2. The highest BCUT2D eigenvalue weighted by Crippen LogP contribution is 2.24. The summed E-state index contributed by atoms with van der Waals surface area (Å²) in [7, 11) is 0. The van der Waals surface area contributed by atoms with Crippen LogP contribution in [0.25, 0.3) is 0 Å². The second-order valence-corrected chi connectivity index (χ2v) is 5.42. The Morgan fingerprint density at radius 3 is 2.27 bits per heavy atom. The van der Waals surface area contributed by atoms with E-state index < -0.39 is 12.1 Å². The van der Waals surface area contributed by atoms with Gasteiger partial charge in [0.05, 0.1) is 5.02 Å². The van der Waals surface area contributed by atoms with E-state index in [2.05, 4.69) is 0 Å². The number of hydrogen-bond acceptors (Lipinski definition) is 3. The average Bonchev–Trinajstić information content (AvgIpc) is 2.47. The molecule has 2 rings (SSSR count). The van der Waals surface area contributed by atoms with Gasteiger partial charge in [0.15, 0.2) is 11.9 Å². The van der Waals surface area contributed by atoms with Gasteiger partial charge in [0.25, 0.3) is 0 Å². The van der Waals surface area contributed by atoms with Crippen molar-refractivity contribution in [2.75, 3.05) is 0 Å². The highest BCUT2D eigenvalue weighted by molar-refractivity contribution is 6.37. The minimum absolute atomic E-state index is 0.250. The third-order valence-electron chi connectivity index (χ3n) is 2.95. The van der Waals surface area contributed by atoms with Gasteiger partial charge in [-0.15, -0.1) is 0 Å². The Kier molecular flexibility index (Phi) is 5.06. The molecule has 0 saturated carbocycles. The molecule has 0 heterocycles. The Balaban J connectivity index is 2.19. The largest absolute Gasteiger partial charge is 0.479 e. The van der Waals surface area contributed by atoms with Crippen LogP contribution in [-0.2, 0) is 4.79 Å². The summed E-state index contributed by atoms with van der Waals surface area (Å²) < 4.78 is 5.20. The molecule has 0 aliphatic carbocycles. The zero-order chi connectivity index (χ0) is 16.3. The van der Waals surface area contributed by atoms with E-state index >= 15 is 0 Å². The molecule has 0 amide bonds. The molecule has 0 radical (unpaired) electrons. The number of carbonyl (C=O) groups is 2. The SMILES string of the molecule is CC(Oc1ccc(C(=O)c2ccc(Cl)cc2Cl)cc1)C(=O)O. The molecule has 4 nitrogen and oxygen atoms in total. The summed E-state index contributed by atoms with van der Waals surface area (Å²) in [6.07, 6.45) is -0.965. The van der Waals surface area contributed by atoms with Gasteiger partial charge >= 0.3 is 5.97 Å². The van der Waals surface area contributed by atoms with Crippen molar-refractivity contribution in [3.8, 4) is 5.75 Å². The molecular weight excluding hydrogens is 327 g/mol. The van der Waals surface area contributed by atoms with Gasteiger partial charge in [0.2, 0.25) is 0 Å². The van der Waals surface area contributed by atoms with Crippen molar-refractivity contribution in [1.29, 1.82) is 0 Å². The van der Waals surface area contributed by atoms with Crippen molar-refractivity contribution in [3.05, 3.63) is 63.6 Å². The molecule has 0 spiro atoms. The lowest BCUT2D eigenvalue weighted by Crippen LogP contribution is -2.22. The van der Waals surface area contributed by atoms with E-state index in [0.717, 1.165) is 0 Å². The molecule has 1 N–H and O–H groups in total. The van der Waals surface area contributed by atoms with Gasteiger partial charge in [-0.25, -0.2) is 4.79 Å². The van der Waals surface area contributed by atoms with Crippen molar-refractivity contribution in [2.24, 2.45) is 0 Å². The van der Waals surface area contributed by atoms with Gasteiger partial charge < -0.3 is 9.84 Å². The molecule has 22 heavy (non-hydrogen) atoms. The van der Waals surface area contributed by atoms with Crippen LogP contribution >= 0.6 is 23.2 Å². The first-order valence-electron chi connectivity index (χ1n) is 6.38. The second kappa shape index (κ2) is 6.81. The summed E-state index contributed by atoms with van der Waals surface area (Å²) in [5.41, 5.74) is 0.762. The van der Waals surface area contributed by atoms with Gasteiger partial charge in [-0.2, -0.15) is 0 Å². The molecule has 0 saturated heterocycles. The monoisotopic (exact) mass is 338 g/mol. The molecule has 6 heteroatoms. The van der Waals surface area contributed by atoms with Crippen LogP contribution in [0.4, 0.5) is 0 Å². The fraction of sp³-hybridized carbons (Fsp3) is 0.125. The fourth-order valence-electron chi connectivity index (χ4n) is 1.77. The van der Waals surface area contributed by atoms with Crippen molar-refractivity contribution in [3.63, 3.8) is 0 Å². The van der Waals surface area contributed by atoms with Crippen molar-refractivity contribution in [2.45, 2.75) is 13.0 Å². The van der Waals surface area contributed by atoms with Gasteiger partial charge in [0.1, 0.15) is 5.75 Å². The quantitative estimate of drug-likeness (QED) is 0.834. The van der Waals surface area contributed by atoms with Crippen molar-refractivity contribution < 1.29 is 19.4 Å². The van der Waals surface area contributed by atoms with Crippen LogP contribution in [0.2, 0.25) is 10.0 Å². The summed E-state index contributed by atoms with van der Waals surface area (Å²) in [5, 5.41) is 9.51. The highest BCUT2D eigenvalue weighted by atomic mass is 35.5. The van der Waals surface area contributed by atoms with E-state index in [4.69, 9.17) is 33.0 Å². The van der Waals surface area contributed by atoms with E-state index in [9.17, 15) is 9.59 Å². The van der Waals surface area contributed by atoms with Gasteiger partial charge in [-0.3, -0.25) is 4.79 Å². The second-order valence-electron chi connectivity index (χ2n) is 4.58. The minimum atomic E-state index is -1.06. The first kappa shape index (κ1) is 16.3. The molecule has 1 unspecified atom stereocenters. The maximum Gasteiger partial charge on any atom is 0.344 e. The molecule has 0 aromatic heterocycles. The molecule has 0 aliphatic rings. The standard InChI is InChI=1S/C16H12Cl2O4/c1-9(16(20)21)22-12-5-2-10(3-6-12)15(19)13-7-4-11(17)8-14(13)18/h2-9H,1H3,(H,20,21). The number of carbonyl (C=O) groups excluding carboxylic acids is 1. The summed E-state index contributed by atoms with van der Waals surface area (Å²) in [6.45, 7) is 1.43. The van der Waals surface area contributed by atoms with Crippen LogP contribution in [0.1, 0.15) is 22.8 Å². The Hall–Kier alpha value is -2.04. The molecule has 0 bridgehead atoms. The van der Waals surface area contributed by atoms with Crippen molar-refractivity contribution in [1.82, 2.24) is 0 Å². The Morgan fingerprint density at radius 1 is 1.09 bits per heavy atom. The van der Waals surface area contributed by atoms with Crippen molar-refractivity contribution >= 4 is 35.0 Å². The van der Waals surface area contributed by atoms with Gasteiger partial charge in [-0.1, -0.05) is 23.2 Å². The smallest absolute Gasteiger partial charge is 0.344 e. The normalized spacial score (nSPS) is 11.8. The number of carboxylic acid groups (broad SMARTS) is 1. The first-order valence-corrected chi connectivity index (χ1v) is 7.13. The predicted octanol–water partition coefficient (Wildman–Crippen LogP) is 4.08. The van der Waals surface area contributed by atoms with Crippen LogP contribution < -0.4 is 4.74 Å². The number of ketones is 1. The number of rotatable bonds is 5. The summed E-state index contributed by atoms with van der Waals surface area (Å²) in [5.74, 6) is -0.943. The molecule has 2 aromatic rings. The number of aliphatic carboxylic acids is 1. The van der Waals surface area contributed by atoms with Crippen LogP contribution in [0.3, 0.4) is 0 Å². The average molecular weight is 339 g/mol. The maximum atomic E-state index is 12.4. The lowest BCUT2D eigenvalue weighted by molar-refractivity contribution is -0.144. The lowest BCUT2D eigenvalue weighted by Gasteiger charge is -2.10. The number of halogens is 2. The lowest BCUT2D eigenvalue weighted by atomic mass is 10.0. The minimum Gasteiger partial charge on any atom is -0.479 e. The summed E-state index contributed by atoms with van der Waals surface area (Å²) in [6, 6.07) is 10.8. The number of ether oxygens (including phenoxy) is 1. The zero-order valence-electron chi connectivity index (χ0n) is 11.5. The van der Waals surface area contributed by atoms with Crippen LogP contribution in [0, 0.1) is 0 Å². The molecule has 0 aliphatic heterocycles. The fourth-order valence-corrected chi connectivity index (χ4v) is 2.26. The molecule has 0 fully saturated rings. The Morgan fingerprint density at radius 2 is 1.73 bits per heavy atom. The molecule has 1 atom stereocenters. The van der Waals surface area contributed by atoms with Crippen LogP contribution in [-0.4, -0.2) is 23.0 Å². The van der Waals surface area contributed by atoms with E-state index in [0.29, 0.717) is 21.9 Å². The van der Waals surface area contributed by atoms with Crippen LogP contribution in [0.15, 0.2) is 42.5 Å². The third kappa shape index (κ3) is 3.78. The predicted molar refractivity (Wildman–Crippen MR) is 84.1 cm³/mol. The summed E-state index contributed by atoms with van der Waals surface area (Å²) in [4.78, 5) is 23.1. The van der Waals surface area contributed by atoms with Gasteiger partial charge in [-0.05, 0) is 49.4 Å². The van der Waals surface area contributed by atoms with Gasteiger partial charge in [0, 0.05) is 16.1 Å². The van der Waals surface area contributed by atoms with E-state index in [1.165, 1.54) is 25.1 Å². The third-order valence-corrected chi connectivity index (χ3v) is 3.50. The number of hydrogen-bond donors (Lipinski definition) is 1. The summed E-state index contributed by atoms with van der Waals surface area (Å²) >= 11 is 11.8. The Labute approximate surface area is 137 Å². The molecule has 114 valence electrons. The maximum absolute atomic E-state index is 12.4.